The molecule has 0 aromatic heterocycles. The Morgan fingerprint density at radius 2 is 0.662 bits per heavy atom. The SMILES string of the molecule is CCCC/C=C\CCCCCCCC(=O)OCCCCCCCCCCCCCCC/C=C\C/C=C\CCCCCCCCCCCCCCCCCCCC(=O)NC(CO)C(O)/C=C/CCCCCCCCCCCC. The molecule has 2 atom stereocenters. The van der Waals surface area contributed by atoms with Crippen molar-refractivity contribution in [3.05, 3.63) is 48.6 Å². The summed E-state index contributed by atoms with van der Waals surface area (Å²) in [6.45, 7) is 4.87. The van der Waals surface area contributed by atoms with Crippen LogP contribution in [0.25, 0.3) is 0 Å². The van der Waals surface area contributed by atoms with Crippen LogP contribution in [-0.4, -0.2) is 47.4 Å². The fraction of sp³-hybridized carbons (Fsp3) is 0.859. The first kappa shape index (κ1) is 74.8. The maximum Gasteiger partial charge on any atom is 0.305 e. The Labute approximate surface area is 480 Å². The molecular weight excluding hydrogens is 947 g/mol. The highest BCUT2D eigenvalue weighted by molar-refractivity contribution is 5.76. The highest BCUT2D eigenvalue weighted by atomic mass is 16.5. The minimum Gasteiger partial charge on any atom is -0.466 e. The standard InChI is InChI=1S/C71H133NO5/c1-3-5-7-9-11-13-15-44-47-51-55-59-63-69(74)68(67-73)72-70(75)64-60-56-52-48-45-41-39-37-35-33-31-29-27-25-23-21-19-17-16-18-20-22-24-26-28-30-32-34-36-38-40-42-46-50-54-58-62-66-77-71(76)65-61-57-53-49-43-14-12-10-8-6-4-2/h10,12,16,18,22,24,59,63,68-69,73-74H,3-9,11,13-15,17,19-21,23,25-58,60-62,64-67H2,1-2H3,(H,72,75)/b12-10-,18-16-,24-22-,63-59+. The van der Waals surface area contributed by atoms with Gasteiger partial charge < -0.3 is 20.3 Å². The quantitative estimate of drug-likeness (QED) is 0.0320. The maximum atomic E-state index is 12.4. The normalized spacial score (nSPS) is 12.8. The van der Waals surface area contributed by atoms with Crippen LogP contribution in [0.1, 0.15) is 367 Å². The van der Waals surface area contributed by atoms with Gasteiger partial charge in [0.25, 0.3) is 0 Å². The van der Waals surface area contributed by atoms with E-state index in [4.69, 9.17) is 4.74 Å². The van der Waals surface area contributed by atoms with E-state index in [0.717, 1.165) is 51.4 Å². The van der Waals surface area contributed by atoms with Crippen molar-refractivity contribution in [2.45, 2.75) is 379 Å². The van der Waals surface area contributed by atoms with E-state index in [0.29, 0.717) is 19.4 Å². The number of esters is 1. The minimum atomic E-state index is -0.841. The lowest BCUT2D eigenvalue weighted by Crippen LogP contribution is -2.45. The predicted octanol–water partition coefficient (Wildman–Crippen LogP) is 22.1. The van der Waals surface area contributed by atoms with E-state index in [1.165, 1.54) is 289 Å². The molecule has 0 radical (unpaired) electrons. The molecule has 0 rings (SSSR count). The topological polar surface area (TPSA) is 95.9 Å². The van der Waals surface area contributed by atoms with Crippen LogP contribution in [-0.2, 0) is 14.3 Å². The van der Waals surface area contributed by atoms with E-state index in [2.05, 4.69) is 55.6 Å². The van der Waals surface area contributed by atoms with Crippen molar-refractivity contribution in [3.63, 3.8) is 0 Å². The second-order valence-corrected chi connectivity index (χ2v) is 23.5. The molecule has 0 aliphatic carbocycles. The van der Waals surface area contributed by atoms with Crippen molar-refractivity contribution in [2.75, 3.05) is 13.2 Å². The highest BCUT2D eigenvalue weighted by Crippen LogP contribution is 2.18. The molecule has 0 aromatic carbocycles. The number of allylic oxidation sites excluding steroid dienone is 7. The first-order valence-corrected chi connectivity index (χ1v) is 34.4. The number of nitrogens with one attached hydrogen (secondary N) is 1. The molecule has 0 fully saturated rings. The van der Waals surface area contributed by atoms with Crippen LogP contribution in [0.4, 0.5) is 0 Å². The molecule has 0 aromatic rings. The molecular formula is C71H133NO5. The molecule has 0 saturated heterocycles. The number of aliphatic hydroxyl groups excluding tert-OH is 2. The molecule has 0 saturated carbocycles. The van der Waals surface area contributed by atoms with E-state index >= 15 is 0 Å². The largest absolute Gasteiger partial charge is 0.466 e. The Kier molecular flexibility index (Phi) is 64.5. The fourth-order valence-corrected chi connectivity index (χ4v) is 10.5. The van der Waals surface area contributed by atoms with Gasteiger partial charge >= 0.3 is 5.97 Å². The van der Waals surface area contributed by atoms with Gasteiger partial charge in [-0.1, -0.05) is 319 Å². The summed E-state index contributed by atoms with van der Waals surface area (Å²) in [6.07, 6.45) is 86.3. The molecule has 0 heterocycles. The zero-order valence-electron chi connectivity index (χ0n) is 51.7. The van der Waals surface area contributed by atoms with Gasteiger partial charge in [0.05, 0.1) is 25.4 Å². The number of hydrogen-bond acceptors (Lipinski definition) is 5. The third kappa shape index (κ3) is 62.9. The summed E-state index contributed by atoms with van der Waals surface area (Å²) in [5.41, 5.74) is 0. The monoisotopic (exact) mass is 1080 g/mol. The van der Waals surface area contributed by atoms with Crippen LogP contribution in [0.5, 0.6) is 0 Å². The Morgan fingerprint density at radius 1 is 0.364 bits per heavy atom. The zero-order valence-corrected chi connectivity index (χ0v) is 51.7. The number of amides is 1. The molecule has 6 nitrogen and oxygen atoms in total. The van der Waals surface area contributed by atoms with Crippen LogP contribution in [0.2, 0.25) is 0 Å². The molecule has 452 valence electrons. The van der Waals surface area contributed by atoms with Crippen molar-refractivity contribution in [1.29, 1.82) is 0 Å². The Bertz CT molecular complexity index is 1290. The minimum absolute atomic E-state index is 0.00723. The van der Waals surface area contributed by atoms with Gasteiger partial charge in [-0.15, -0.1) is 0 Å². The zero-order chi connectivity index (χ0) is 55.7. The summed E-state index contributed by atoms with van der Waals surface area (Å²) < 4.78 is 5.46. The molecule has 2 unspecified atom stereocenters. The number of unbranched alkanes of at least 4 members (excludes halogenated alkanes) is 47. The average Bonchev–Trinajstić information content (AvgIpc) is 3.43. The van der Waals surface area contributed by atoms with Gasteiger partial charge in [0.15, 0.2) is 0 Å². The molecule has 0 bridgehead atoms. The van der Waals surface area contributed by atoms with E-state index in [-0.39, 0.29) is 18.5 Å². The summed E-state index contributed by atoms with van der Waals surface area (Å²) in [6, 6.07) is -0.625. The fourth-order valence-electron chi connectivity index (χ4n) is 10.5. The Balaban J connectivity index is 3.37. The summed E-state index contributed by atoms with van der Waals surface area (Å²) in [4.78, 5) is 24.4. The van der Waals surface area contributed by atoms with Crippen molar-refractivity contribution < 1.29 is 24.5 Å². The van der Waals surface area contributed by atoms with Crippen LogP contribution in [0, 0.1) is 0 Å². The third-order valence-corrected chi connectivity index (χ3v) is 15.8. The lowest BCUT2D eigenvalue weighted by atomic mass is 10.0. The molecule has 1 amide bonds. The molecule has 6 heteroatoms. The van der Waals surface area contributed by atoms with Crippen molar-refractivity contribution in [3.8, 4) is 0 Å². The number of carbonyl (C=O) groups excluding carboxylic acids is 2. The molecule has 0 aliphatic rings. The first-order chi connectivity index (χ1) is 38.0. The molecule has 0 aliphatic heterocycles. The summed E-state index contributed by atoms with van der Waals surface area (Å²) in [5, 5.41) is 23.1. The van der Waals surface area contributed by atoms with Crippen LogP contribution in [0.3, 0.4) is 0 Å². The summed E-state index contributed by atoms with van der Waals surface area (Å²) in [7, 11) is 0. The van der Waals surface area contributed by atoms with Crippen LogP contribution in [0.15, 0.2) is 48.6 Å². The number of ether oxygens (including phenoxy) is 1. The van der Waals surface area contributed by atoms with Crippen LogP contribution < -0.4 is 5.32 Å². The van der Waals surface area contributed by atoms with Crippen LogP contribution >= 0.6 is 0 Å². The lowest BCUT2D eigenvalue weighted by molar-refractivity contribution is -0.143. The average molecular weight is 1080 g/mol. The molecule has 3 N–H and O–H groups in total. The molecule has 0 spiro atoms. The highest BCUT2D eigenvalue weighted by Gasteiger charge is 2.18. The predicted molar refractivity (Wildman–Crippen MR) is 338 cm³/mol. The maximum absolute atomic E-state index is 12.4. The second kappa shape index (κ2) is 66.3. The van der Waals surface area contributed by atoms with Gasteiger partial charge in [-0.05, 0) is 83.5 Å². The van der Waals surface area contributed by atoms with Gasteiger partial charge in [0.1, 0.15) is 0 Å². The smallest absolute Gasteiger partial charge is 0.305 e. The first-order valence-electron chi connectivity index (χ1n) is 34.4. The summed E-state index contributed by atoms with van der Waals surface area (Å²) >= 11 is 0. The van der Waals surface area contributed by atoms with Gasteiger partial charge in [-0.2, -0.15) is 0 Å². The van der Waals surface area contributed by atoms with Gasteiger partial charge in [-0.25, -0.2) is 0 Å². The van der Waals surface area contributed by atoms with Gasteiger partial charge in [-0.3, -0.25) is 9.59 Å². The van der Waals surface area contributed by atoms with Crippen molar-refractivity contribution in [2.24, 2.45) is 0 Å². The number of hydrogen-bond donors (Lipinski definition) is 3. The van der Waals surface area contributed by atoms with Crippen molar-refractivity contribution >= 4 is 11.9 Å². The van der Waals surface area contributed by atoms with Crippen molar-refractivity contribution in [1.82, 2.24) is 5.32 Å². The van der Waals surface area contributed by atoms with E-state index in [1.54, 1.807) is 6.08 Å². The number of aliphatic hydroxyl groups is 2. The van der Waals surface area contributed by atoms with Gasteiger partial charge in [0, 0.05) is 12.8 Å². The number of carbonyl (C=O) groups is 2. The molecule has 77 heavy (non-hydrogen) atoms. The van der Waals surface area contributed by atoms with Gasteiger partial charge in [0.2, 0.25) is 5.91 Å². The third-order valence-electron chi connectivity index (χ3n) is 15.8. The Hall–Kier alpha value is -2.18. The Morgan fingerprint density at radius 3 is 1.04 bits per heavy atom. The number of rotatable bonds is 64. The van der Waals surface area contributed by atoms with E-state index in [1.807, 2.05) is 6.08 Å². The van der Waals surface area contributed by atoms with E-state index in [9.17, 15) is 19.8 Å². The van der Waals surface area contributed by atoms with E-state index < -0.39 is 12.1 Å². The summed E-state index contributed by atoms with van der Waals surface area (Å²) in [5.74, 6) is -0.0578. The second-order valence-electron chi connectivity index (χ2n) is 23.5. The lowest BCUT2D eigenvalue weighted by Gasteiger charge is -2.20.